The Morgan fingerprint density at radius 1 is 0.955 bits per heavy atom. The number of hydrogen-bond donors (Lipinski definition) is 3. The molecule has 0 aliphatic carbocycles. The lowest BCUT2D eigenvalue weighted by atomic mass is 10.2. The van der Waals surface area contributed by atoms with Crippen molar-refractivity contribution >= 4 is 34.8 Å². The third kappa shape index (κ3) is 4.49. The van der Waals surface area contributed by atoms with E-state index in [-0.39, 0.29) is 18.4 Å². The third-order valence-corrected chi connectivity index (χ3v) is 3.21. The summed E-state index contributed by atoms with van der Waals surface area (Å²) in [4.78, 5) is 23.3. The van der Waals surface area contributed by atoms with Gasteiger partial charge in [0.2, 0.25) is 5.91 Å². The number of rotatable bonds is 5. The van der Waals surface area contributed by atoms with Crippen molar-refractivity contribution in [2.75, 3.05) is 24.2 Å². The molecule has 0 heterocycles. The zero-order valence-corrected chi connectivity index (χ0v) is 12.8. The van der Waals surface area contributed by atoms with Crippen LogP contribution >= 0.6 is 11.6 Å². The lowest BCUT2D eigenvalue weighted by molar-refractivity contribution is -0.114. The number of carbonyl (C=O) groups is 2. The zero-order chi connectivity index (χ0) is 15.9. The van der Waals surface area contributed by atoms with Crippen LogP contribution in [0, 0.1) is 0 Å². The van der Waals surface area contributed by atoms with Gasteiger partial charge in [0.05, 0.1) is 6.54 Å². The molecule has 6 heteroatoms. The molecule has 0 atom stereocenters. The normalized spacial score (nSPS) is 9.91. The van der Waals surface area contributed by atoms with Crippen LogP contribution in [0.1, 0.15) is 10.4 Å². The SMILES string of the molecule is CNC(=O)c1ccc(NC(=O)CNc2ccc(Cl)cc2)cc1. The van der Waals surface area contributed by atoms with Crippen LogP contribution in [0.25, 0.3) is 0 Å². The molecule has 0 saturated carbocycles. The van der Waals surface area contributed by atoms with Crippen molar-refractivity contribution in [3.05, 3.63) is 59.1 Å². The van der Waals surface area contributed by atoms with E-state index in [0.717, 1.165) is 5.69 Å². The monoisotopic (exact) mass is 317 g/mol. The van der Waals surface area contributed by atoms with E-state index in [9.17, 15) is 9.59 Å². The molecule has 0 aliphatic heterocycles. The highest BCUT2D eigenvalue weighted by molar-refractivity contribution is 6.30. The van der Waals surface area contributed by atoms with E-state index >= 15 is 0 Å². The molecule has 114 valence electrons. The Hall–Kier alpha value is -2.53. The van der Waals surface area contributed by atoms with E-state index in [1.807, 2.05) is 0 Å². The summed E-state index contributed by atoms with van der Waals surface area (Å²) < 4.78 is 0. The molecule has 2 aromatic carbocycles. The highest BCUT2D eigenvalue weighted by Crippen LogP contribution is 2.13. The number of nitrogens with one attached hydrogen (secondary N) is 3. The largest absolute Gasteiger partial charge is 0.376 e. The molecule has 0 aromatic heterocycles. The topological polar surface area (TPSA) is 70.2 Å². The van der Waals surface area contributed by atoms with E-state index < -0.39 is 0 Å². The maximum Gasteiger partial charge on any atom is 0.251 e. The molecule has 0 spiro atoms. The summed E-state index contributed by atoms with van der Waals surface area (Å²) in [5, 5.41) is 8.93. The summed E-state index contributed by atoms with van der Waals surface area (Å²) in [6.07, 6.45) is 0. The zero-order valence-electron chi connectivity index (χ0n) is 12.0. The number of benzene rings is 2. The second-order valence-corrected chi connectivity index (χ2v) is 5.00. The Morgan fingerprint density at radius 2 is 1.55 bits per heavy atom. The van der Waals surface area contributed by atoms with Crippen LogP contribution in [0.15, 0.2) is 48.5 Å². The minimum absolute atomic E-state index is 0.138. The molecule has 0 radical (unpaired) electrons. The molecule has 3 N–H and O–H groups in total. The Morgan fingerprint density at radius 3 is 2.14 bits per heavy atom. The van der Waals surface area contributed by atoms with Crippen molar-refractivity contribution < 1.29 is 9.59 Å². The molecule has 0 saturated heterocycles. The van der Waals surface area contributed by atoms with Crippen molar-refractivity contribution in [3.8, 4) is 0 Å². The smallest absolute Gasteiger partial charge is 0.251 e. The van der Waals surface area contributed by atoms with Gasteiger partial charge in [-0.1, -0.05) is 11.6 Å². The van der Waals surface area contributed by atoms with E-state index in [2.05, 4.69) is 16.0 Å². The molecule has 0 bridgehead atoms. The van der Waals surface area contributed by atoms with Crippen molar-refractivity contribution in [2.24, 2.45) is 0 Å². The van der Waals surface area contributed by atoms with Gasteiger partial charge in [0, 0.05) is 29.0 Å². The Labute approximate surface area is 133 Å². The van der Waals surface area contributed by atoms with Crippen molar-refractivity contribution in [1.82, 2.24) is 5.32 Å². The molecule has 0 unspecified atom stereocenters. The van der Waals surface area contributed by atoms with Crippen LogP contribution < -0.4 is 16.0 Å². The summed E-state index contributed by atoms with van der Waals surface area (Å²) in [5.74, 6) is -0.343. The summed E-state index contributed by atoms with van der Waals surface area (Å²) in [6.45, 7) is 0.138. The van der Waals surface area contributed by atoms with Crippen LogP contribution in [0.3, 0.4) is 0 Å². The minimum atomic E-state index is -0.178. The van der Waals surface area contributed by atoms with Gasteiger partial charge in [-0.15, -0.1) is 0 Å². The molecule has 0 fully saturated rings. The molecule has 22 heavy (non-hydrogen) atoms. The van der Waals surface area contributed by atoms with Gasteiger partial charge >= 0.3 is 0 Å². The molecule has 2 amide bonds. The predicted molar refractivity (Wildman–Crippen MR) is 88.4 cm³/mol. The van der Waals surface area contributed by atoms with Crippen LogP contribution in [-0.2, 0) is 4.79 Å². The number of halogens is 1. The molecule has 5 nitrogen and oxygen atoms in total. The average Bonchev–Trinajstić information content (AvgIpc) is 2.54. The Kier molecular flexibility index (Phi) is 5.38. The van der Waals surface area contributed by atoms with Gasteiger partial charge in [-0.3, -0.25) is 9.59 Å². The first kappa shape index (κ1) is 15.9. The summed E-state index contributed by atoms with van der Waals surface area (Å²) in [6, 6.07) is 13.8. The van der Waals surface area contributed by atoms with Crippen LogP contribution in [0.5, 0.6) is 0 Å². The fourth-order valence-electron chi connectivity index (χ4n) is 1.80. The van der Waals surface area contributed by atoms with Crippen LogP contribution in [0.4, 0.5) is 11.4 Å². The van der Waals surface area contributed by atoms with Gasteiger partial charge in [0.25, 0.3) is 5.91 Å². The first-order chi connectivity index (χ1) is 10.6. The van der Waals surface area contributed by atoms with Gasteiger partial charge in [0.1, 0.15) is 0 Å². The quantitative estimate of drug-likeness (QED) is 0.794. The fraction of sp³-hybridized carbons (Fsp3) is 0.125. The molecular formula is C16H16ClN3O2. The molecule has 2 rings (SSSR count). The number of amides is 2. The molecule has 2 aromatic rings. The van der Waals surface area contributed by atoms with E-state index in [4.69, 9.17) is 11.6 Å². The number of anilines is 2. The third-order valence-electron chi connectivity index (χ3n) is 2.96. The van der Waals surface area contributed by atoms with Gasteiger partial charge in [-0.05, 0) is 48.5 Å². The highest BCUT2D eigenvalue weighted by Gasteiger charge is 2.05. The molecule has 0 aliphatic rings. The number of carbonyl (C=O) groups excluding carboxylic acids is 2. The van der Waals surface area contributed by atoms with Crippen molar-refractivity contribution in [1.29, 1.82) is 0 Å². The van der Waals surface area contributed by atoms with E-state index in [0.29, 0.717) is 16.3 Å². The van der Waals surface area contributed by atoms with Crippen LogP contribution in [-0.4, -0.2) is 25.4 Å². The average molecular weight is 318 g/mol. The lowest BCUT2D eigenvalue weighted by Crippen LogP contribution is -2.22. The highest BCUT2D eigenvalue weighted by atomic mass is 35.5. The number of hydrogen-bond acceptors (Lipinski definition) is 3. The molecular weight excluding hydrogens is 302 g/mol. The van der Waals surface area contributed by atoms with Gasteiger partial charge < -0.3 is 16.0 Å². The second kappa shape index (κ2) is 7.47. The maximum absolute atomic E-state index is 11.8. The van der Waals surface area contributed by atoms with E-state index in [1.165, 1.54) is 0 Å². The predicted octanol–water partition coefficient (Wildman–Crippen LogP) is 2.75. The van der Waals surface area contributed by atoms with Gasteiger partial charge in [0.15, 0.2) is 0 Å². The first-order valence-electron chi connectivity index (χ1n) is 6.70. The van der Waals surface area contributed by atoms with Gasteiger partial charge in [-0.2, -0.15) is 0 Å². The Bertz CT molecular complexity index is 654. The fourth-order valence-corrected chi connectivity index (χ4v) is 1.93. The minimum Gasteiger partial charge on any atom is -0.376 e. The maximum atomic E-state index is 11.8. The van der Waals surface area contributed by atoms with Crippen molar-refractivity contribution in [2.45, 2.75) is 0 Å². The van der Waals surface area contributed by atoms with Crippen LogP contribution in [0.2, 0.25) is 5.02 Å². The standard InChI is InChI=1S/C16H16ClN3O2/c1-18-16(22)11-2-6-14(7-3-11)20-15(21)10-19-13-8-4-12(17)5-9-13/h2-9,19H,10H2,1H3,(H,18,22)(H,20,21). The summed E-state index contributed by atoms with van der Waals surface area (Å²) in [5.41, 5.74) is 1.99. The summed E-state index contributed by atoms with van der Waals surface area (Å²) >= 11 is 5.79. The van der Waals surface area contributed by atoms with E-state index in [1.54, 1.807) is 55.6 Å². The second-order valence-electron chi connectivity index (χ2n) is 4.57. The first-order valence-corrected chi connectivity index (χ1v) is 7.08. The summed E-state index contributed by atoms with van der Waals surface area (Å²) in [7, 11) is 1.57. The lowest BCUT2D eigenvalue weighted by Gasteiger charge is -2.08. The Balaban J connectivity index is 1.86. The van der Waals surface area contributed by atoms with Crippen molar-refractivity contribution in [3.63, 3.8) is 0 Å². The van der Waals surface area contributed by atoms with Gasteiger partial charge in [-0.25, -0.2) is 0 Å².